The van der Waals surface area contributed by atoms with Gasteiger partial charge in [-0.1, -0.05) is 30.3 Å². The quantitative estimate of drug-likeness (QED) is 0.261. The number of carbonyl (C=O) groups is 3. The number of hydrogen-bond acceptors (Lipinski definition) is 7. The highest BCUT2D eigenvalue weighted by atomic mass is 16.5. The zero-order valence-electron chi connectivity index (χ0n) is 21.8. The van der Waals surface area contributed by atoms with E-state index in [1.807, 2.05) is 24.3 Å². The second-order valence-electron chi connectivity index (χ2n) is 10.0. The van der Waals surface area contributed by atoms with Crippen LogP contribution in [-0.4, -0.2) is 52.7 Å². The van der Waals surface area contributed by atoms with Gasteiger partial charge in [-0.3, -0.25) is 19.7 Å². The topological polar surface area (TPSA) is 141 Å². The standard InChI is InChI=1S/C30H27N3O7/c1-39-18-12-10-17(11-13-18)33-27(35)23-24(28(33)36)30(29(37)38,14-16-15-31-21-8-4-3-6-19(16)21)32-25(23)20-7-5-9-22(40-2)26(20)34/h3-13,15,23-25,31-32,34H,14H2,1-2H3,(H,37,38)/t23-,24-,25-,30-/m0/s1. The van der Waals surface area contributed by atoms with E-state index in [1.165, 1.54) is 14.2 Å². The fourth-order valence-corrected chi connectivity index (χ4v) is 6.22. The van der Waals surface area contributed by atoms with E-state index < -0.39 is 41.2 Å². The average Bonchev–Trinajstić information content (AvgIpc) is 3.61. The van der Waals surface area contributed by atoms with E-state index >= 15 is 0 Å². The molecule has 4 N–H and O–H groups in total. The SMILES string of the molecule is COc1ccc(N2C(=O)[C@H]3[C@@H](C2=O)[C@@](Cc2c[nH]c4ccccc24)(C(=O)O)N[C@H]3c2cccc(OC)c2O)cc1. The number of aliphatic carboxylic acids is 1. The molecular weight excluding hydrogens is 514 g/mol. The van der Waals surface area contributed by atoms with Crippen LogP contribution >= 0.6 is 0 Å². The first-order chi connectivity index (χ1) is 19.3. The number of phenolic OH excluding ortho intramolecular Hbond substituents is 1. The highest BCUT2D eigenvalue weighted by Gasteiger charge is 2.69. The number of hydrogen-bond donors (Lipinski definition) is 4. The molecule has 40 heavy (non-hydrogen) atoms. The van der Waals surface area contributed by atoms with Crippen molar-refractivity contribution in [3.05, 3.63) is 84.1 Å². The summed E-state index contributed by atoms with van der Waals surface area (Å²) in [5, 5.41) is 25.8. The minimum absolute atomic E-state index is 0.0792. The molecule has 1 aromatic heterocycles. The largest absolute Gasteiger partial charge is 0.504 e. The van der Waals surface area contributed by atoms with Crippen molar-refractivity contribution in [2.75, 3.05) is 19.1 Å². The minimum atomic E-state index is -1.86. The minimum Gasteiger partial charge on any atom is -0.504 e. The van der Waals surface area contributed by atoms with Crippen LogP contribution < -0.4 is 19.7 Å². The fraction of sp³-hybridized carbons (Fsp3) is 0.233. The van der Waals surface area contributed by atoms with E-state index in [1.54, 1.807) is 48.7 Å². The number of ether oxygens (including phenoxy) is 2. The molecule has 0 radical (unpaired) electrons. The summed E-state index contributed by atoms with van der Waals surface area (Å²) in [5.74, 6) is -4.32. The first-order valence-electron chi connectivity index (χ1n) is 12.7. The van der Waals surface area contributed by atoms with Crippen LogP contribution in [0.4, 0.5) is 5.69 Å². The molecule has 2 aliphatic heterocycles. The van der Waals surface area contributed by atoms with Crippen LogP contribution in [0.25, 0.3) is 10.9 Å². The van der Waals surface area contributed by atoms with E-state index in [-0.39, 0.29) is 23.5 Å². The van der Waals surface area contributed by atoms with E-state index in [0.717, 1.165) is 15.8 Å². The highest BCUT2D eigenvalue weighted by molar-refractivity contribution is 6.24. The lowest BCUT2D eigenvalue weighted by Crippen LogP contribution is -2.57. The molecule has 4 atom stereocenters. The molecule has 0 saturated carbocycles. The van der Waals surface area contributed by atoms with Gasteiger partial charge in [0, 0.05) is 35.1 Å². The van der Waals surface area contributed by atoms with E-state index in [2.05, 4.69) is 10.3 Å². The normalized spacial score (nSPS) is 23.9. The first-order valence-corrected chi connectivity index (χ1v) is 12.7. The Labute approximate surface area is 229 Å². The summed E-state index contributed by atoms with van der Waals surface area (Å²) >= 11 is 0. The van der Waals surface area contributed by atoms with Gasteiger partial charge in [-0.2, -0.15) is 0 Å². The van der Waals surface area contributed by atoms with Crippen molar-refractivity contribution in [3.63, 3.8) is 0 Å². The third-order valence-corrected chi connectivity index (χ3v) is 8.10. The Hall–Kier alpha value is -4.83. The van der Waals surface area contributed by atoms with Gasteiger partial charge in [-0.05, 0) is 42.0 Å². The van der Waals surface area contributed by atoms with Crippen LogP contribution in [-0.2, 0) is 20.8 Å². The number of nitrogens with one attached hydrogen (secondary N) is 2. The molecule has 6 rings (SSSR count). The van der Waals surface area contributed by atoms with Gasteiger partial charge in [0.1, 0.15) is 11.3 Å². The number of H-pyrrole nitrogens is 1. The predicted molar refractivity (Wildman–Crippen MR) is 145 cm³/mol. The number of imide groups is 1. The monoisotopic (exact) mass is 541 g/mol. The van der Waals surface area contributed by atoms with Crippen molar-refractivity contribution < 1.29 is 34.1 Å². The molecule has 2 amide bonds. The number of nitrogens with zero attached hydrogens (tertiary/aromatic N) is 1. The second-order valence-corrected chi connectivity index (χ2v) is 10.0. The molecule has 0 bridgehead atoms. The summed E-state index contributed by atoms with van der Waals surface area (Å²) < 4.78 is 10.5. The molecule has 10 heteroatoms. The van der Waals surface area contributed by atoms with Crippen LogP contribution in [0.2, 0.25) is 0 Å². The maximum atomic E-state index is 14.1. The van der Waals surface area contributed by atoms with Crippen molar-refractivity contribution in [3.8, 4) is 17.2 Å². The van der Waals surface area contributed by atoms with Crippen LogP contribution in [0.3, 0.4) is 0 Å². The number of methoxy groups -OCH3 is 2. The molecule has 204 valence electrons. The number of aromatic amines is 1. The van der Waals surface area contributed by atoms with Gasteiger partial charge in [0.05, 0.1) is 31.7 Å². The summed E-state index contributed by atoms with van der Waals surface area (Å²) in [6, 6.07) is 17.7. The van der Waals surface area contributed by atoms with Crippen molar-refractivity contribution >= 4 is 34.4 Å². The lowest BCUT2D eigenvalue weighted by molar-refractivity contribution is -0.148. The molecule has 10 nitrogen and oxygen atoms in total. The molecule has 0 unspecified atom stereocenters. The highest BCUT2D eigenvalue weighted by Crippen LogP contribution is 2.53. The number of aromatic nitrogens is 1. The molecule has 3 aromatic carbocycles. The number of rotatable bonds is 7. The second kappa shape index (κ2) is 9.42. The first kappa shape index (κ1) is 25.4. The molecule has 2 saturated heterocycles. The van der Waals surface area contributed by atoms with Crippen molar-refractivity contribution in [1.29, 1.82) is 0 Å². The number of benzene rings is 3. The third-order valence-electron chi connectivity index (χ3n) is 8.10. The van der Waals surface area contributed by atoms with Crippen LogP contribution in [0, 0.1) is 11.8 Å². The fourth-order valence-electron chi connectivity index (χ4n) is 6.22. The Kier molecular flexibility index (Phi) is 5.99. The van der Waals surface area contributed by atoms with Gasteiger partial charge < -0.3 is 24.7 Å². The average molecular weight is 542 g/mol. The number of phenols is 1. The van der Waals surface area contributed by atoms with E-state index in [9.17, 15) is 24.6 Å². The maximum Gasteiger partial charge on any atom is 0.325 e. The summed E-state index contributed by atoms with van der Waals surface area (Å²) in [5.41, 5.74) is 0.231. The van der Waals surface area contributed by atoms with Crippen LogP contribution in [0.15, 0.2) is 72.9 Å². The van der Waals surface area contributed by atoms with Crippen molar-refractivity contribution in [1.82, 2.24) is 10.3 Å². The number of fused-ring (bicyclic) bond motifs is 2. The maximum absolute atomic E-state index is 14.1. The summed E-state index contributed by atoms with van der Waals surface area (Å²) in [4.78, 5) is 45.6. The van der Waals surface area contributed by atoms with Gasteiger partial charge in [-0.25, -0.2) is 4.90 Å². The molecule has 0 spiro atoms. The Morgan fingerprint density at radius 1 is 0.975 bits per heavy atom. The van der Waals surface area contributed by atoms with Gasteiger partial charge in [0.15, 0.2) is 11.5 Å². The number of amides is 2. The van der Waals surface area contributed by atoms with Gasteiger partial charge in [0.25, 0.3) is 0 Å². The van der Waals surface area contributed by atoms with Crippen LogP contribution in [0.5, 0.6) is 17.2 Å². The molecule has 0 aliphatic carbocycles. The zero-order chi connectivity index (χ0) is 28.2. The number of para-hydroxylation sites is 2. The summed E-state index contributed by atoms with van der Waals surface area (Å²) in [6.07, 6.45) is 1.65. The Balaban J connectivity index is 1.52. The van der Waals surface area contributed by atoms with Crippen molar-refractivity contribution in [2.45, 2.75) is 18.0 Å². The Bertz CT molecular complexity index is 1650. The Morgan fingerprint density at radius 2 is 1.73 bits per heavy atom. The van der Waals surface area contributed by atoms with Gasteiger partial charge >= 0.3 is 5.97 Å². The van der Waals surface area contributed by atoms with Gasteiger partial charge in [-0.15, -0.1) is 0 Å². The molecule has 4 aromatic rings. The lowest BCUT2D eigenvalue weighted by Gasteiger charge is -2.31. The number of carboxylic acid groups (broad SMARTS) is 1. The van der Waals surface area contributed by atoms with Gasteiger partial charge in [0.2, 0.25) is 11.8 Å². The summed E-state index contributed by atoms with van der Waals surface area (Å²) in [7, 11) is 2.91. The molecule has 3 heterocycles. The number of carbonyl (C=O) groups excluding carboxylic acids is 2. The Morgan fingerprint density at radius 3 is 2.42 bits per heavy atom. The molecular formula is C30H27N3O7. The third kappa shape index (κ3) is 3.64. The van der Waals surface area contributed by atoms with E-state index in [4.69, 9.17) is 9.47 Å². The molecule has 2 fully saturated rings. The number of carboxylic acids is 1. The lowest BCUT2D eigenvalue weighted by atomic mass is 9.76. The molecule has 2 aliphatic rings. The van der Waals surface area contributed by atoms with Crippen molar-refractivity contribution in [2.24, 2.45) is 11.8 Å². The van der Waals surface area contributed by atoms with Crippen LogP contribution in [0.1, 0.15) is 17.2 Å². The zero-order valence-corrected chi connectivity index (χ0v) is 21.8. The predicted octanol–water partition coefficient (Wildman–Crippen LogP) is 3.41. The number of aromatic hydroxyl groups is 1. The summed E-state index contributed by atoms with van der Waals surface area (Å²) in [6.45, 7) is 0. The number of anilines is 1. The van der Waals surface area contributed by atoms with E-state index in [0.29, 0.717) is 17.0 Å². The smallest absolute Gasteiger partial charge is 0.325 e.